The fourth-order valence-corrected chi connectivity index (χ4v) is 2.10. The highest BCUT2D eigenvalue weighted by atomic mass is 16.5. The first-order valence-electron chi connectivity index (χ1n) is 7.56. The van der Waals surface area contributed by atoms with E-state index < -0.39 is 0 Å². The molecular formula is C17H22N4O. The van der Waals surface area contributed by atoms with Gasteiger partial charge in [-0.05, 0) is 36.6 Å². The molecule has 2 aromatic rings. The number of unbranched alkanes of at least 4 members (excludes halogenated alkanes) is 1. The number of aryl methyl sites for hydroxylation is 1. The van der Waals surface area contributed by atoms with Crippen LogP contribution in [0.4, 0.5) is 0 Å². The average molecular weight is 298 g/mol. The first kappa shape index (κ1) is 16.1. The molecule has 0 amide bonds. The molecular weight excluding hydrogens is 276 g/mol. The zero-order chi connectivity index (χ0) is 15.6. The highest BCUT2D eigenvalue weighted by Gasteiger charge is 1.98. The Morgan fingerprint density at radius 2 is 2.32 bits per heavy atom. The summed E-state index contributed by atoms with van der Waals surface area (Å²) in [7, 11) is 0. The Bertz CT molecular complexity index is 615. The maximum absolute atomic E-state index is 8.49. The quantitative estimate of drug-likeness (QED) is 0.723. The molecule has 0 bridgehead atoms. The number of nitriles is 1. The summed E-state index contributed by atoms with van der Waals surface area (Å²) >= 11 is 0. The lowest BCUT2D eigenvalue weighted by Crippen LogP contribution is -2.19. The van der Waals surface area contributed by atoms with Crippen LogP contribution in [0, 0.1) is 18.3 Å². The Labute approximate surface area is 131 Å². The Morgan fingerprint density at radius 3 is 3.09 bits per heavy atom. The number of hydrogen-bond donors (Lipinski definition) is 1. The second-order valence-electron chi connectivity index (χ2n) is 5.22. The largest absolute Gasteiger partial charge is 0.494 e. The third-order valence-corrected chi connectivity index (χ3v) is 3.21. The number of nitrogens with zero attached hydrogens (tertiary/aromatic N) is 3. The van der Waals surface area contributed by atoms with Crippen molar-refractivity contribution < 1.29 is 4.74 Å². The number of aromatic nitrogens is 2. The van der Waals surface area contributed by atoms with E-state index in [2.05, 4.69) is 22.6 Å². The molecule has 0 saturated heterocycles. The summed E-state index contributed by atoms with van der Waals surface area (Å²) in [5.41, 5.74) is 2.37. The molecule has 0 aliphatic carbocycles. The van der Waals surface area contributed by atoms with Crippen LogP contribution in [-0.4, -0.2) is 22.9 Å². The maximum atomic E-state index is 8.49. The Morgan fingerprint density at radius 1 is 1.41 bits per heavy atom. The monoisotopic (exact) mass is 298 g/mol. The van der Waals surface area contributed by atoms with Gasteiger partial charge in [-0.15, -0.1) is 0 Å². The lowest BCUT2D eigenvalue weighted by Gasteiger charge is -2.08. The van der Waals surface area contributed by atoms with Gasteiger partial charge in [-0.1, -0.05) is 12.1 Å². The molecule has 1 aromatic heterocycles. The molecule has 1 N–H and O–H groups in total. The van der Waals surface area contributed by atoms with Crippen molar-refractivity contribution in [3.63, 3.8) is 0 Å². The lowest BCUT2D eigenvalue weighted by atomic mass is 10.2. The Kier molecular flexibility index (Phi) is 6.46. The Hall–Kier alpha value is -2.32. The van der Waals surface area contributed by atoms with Crippen molar-refractivity contribution in [3.05, 3.63) is 47.8 Å². The van der Waals surface area contributed by atoms with E-state index in [0.717, 1.165) is 31.8 Å². The normalized spacial score (nSPS) is 10.4. The van der Waals surface area contributed by atoms with Crippen molar-refractivity contribution in [2.45, 2.75) is 32.9 Å². The second kappa shape index (κ2) is 8.85. The van der Waals surface area contributed by atoms with Crippen LogP contribution in [0.5, 0.6) is 5.75 Å². The molecule has 0 spiro atoms. The van der Waals surface area contributed by atoms with Crippen molar-refractivity contribution >= 4 is 0 Å². The summed E-state index contributed by atoms with van der Waals surface area (Å²) in [5, 5.41) is 16.2. The van der Waals surface area contributed by atoms with Crippen LogP contribution in [0.2, 0.25) is 0 Å². The molecule has 5 heteroatoms. The van der Waals surface area contributed by atoms with Gasteiger partial charge in [-0.3, -0.25) is 4.68 Å². The fourth-order valence-electron chi connectivity index (χ4n) is 2.10. The first-order valence-corrected chi connectivity index (χ1v) is 7.56. The zero-order valence-corrected chi connectivity index (χ0v) is 13.0. The summed E-state index contributed by atoms with van der Waals surface area (Å²) in [6.07, 6.45) is 5.21. The van der Waals surface area contributed by atoms with Crippen molar-refractivity contribution in [2.24, 2.45) is 0 Å². The molecule has 0 radical (unpaired) electrons. The van der Waals surface area contributed by atoms with E-state index in [1.54, 1.807) is 0 Å². The molecule has 0 aliphatic rings. The van der Waals surface area contributed by atoms with Crippen molar-refractivity contribution in [2.75, 3.05) is 13.2 Å². The molecule has 0 fully saturated rings. The van der Waals surface area contributed by atoms with Gasteiger partial charge < -0.3 is 10.1 Å². The standard InChI is InChI=1S/C17H22N4O/c1-15-12-20-21(14-15)9-8-19-13-16-5-4-6-17(11-16)22-10-3-2-7-18/h4-6,11-12,14,19H,2-3,8-10,13H2,1H3. The molecule has 0 aliphatic heterocycles. The molecule has 0 unspecified atom stereocenters. The molecule has 0 atom stereocenters. The van der Waals surface area contributed by atoms with Crippen molar-refractivity contribution in [3.8, 4) is 11.8 Å². The van der Waals surface area contributed by atoms with E-state index in [-0.39, 0.29) is 0 Å². The van der Waals surface area contributed by atoms with Crippen LogP contribution in [-0.2, 0) is 13.1 Å². The van der Waals surface area contributed by atoms with Gasteiger partial charge in [-0.25, -0.2) is 0 Å². The summed E-state index contributed by atoms with van der Waals surface area (Å²) in [4.78, 5) is 0. The van der Waals surface area contributed by atoms with E-state index in [1.807, 2.05) is 42.2 Å². The van der Waals surface area contributed by atoms with Crippen molar-refractivity contribution in [1.29, 1.82) is 5.26 Å². The van der Waals surface area contributed by atoms with Gasteiger partial charge in [-0.2, -0.15) is 10.4 Å². The SMILES string of the molecule is Cc1cnn(CCNCc2cccc(OCCCC#N)c2)c1. The van der Waals surface area contributed by atoms with Crippen LogP contribution in [0.1, 0.15) is 24.0 Å². The van der Waals surface area contributed by atoms with Crippen LogP contribution in [0.3, 0.4) is 0 Å². The molecule has 116 valence electrons. The van der Waals surface area contributed by atoms with Gasteiger partial charge in [0.25, 0.3) is 0 Å². The molecule has 1 aromatic carbocycles. The highest BCUT2D eigenvalue weighted by molar-refractivity contribution is 5.28. The molecule has 1 heterocycles. The number of ether oxygens (including phenoxy) is 1. The summed E-state index contributed by atoms with van der Waals surface area (Å²) in [5.74, 6) is 0.861. The predicted octanol–water partition coefficient (Wildman–Crippen LogP) is 2.66. The van der Waals surface area contributed by atoms with E-state index in [9.17, 15) is 0 Å². The molecule has 5 nitrogen and oxygen atoms in total. The fraction of sp³-hybridized carbons (Fsp3) is 0.412. The minimum absolute atomic E-state index is 0.536. The van der Waals surface area contributed by atoms with E-state index in [4.69, 9.17) is 10.00 Å². The third-order valence-electron chi connectivity index (χ3n) is 3.21. The minimum atomic E-state index is 0.536. The second-order valence-corrected chi connectivity index (χ2v) is 5.22. The van der Waals surface area contributed by atoms with E-state index in [0.29, 0.717) is 13.0 Å². The smallest absolute Gasteiger partial charge is 0.119 e. The maximum Gasteiger partial charge on any atom is 0.119 e. The van der Waals surface area contributed by atoms with Gasteiger partial charge in [0.15, 0.2) is 0 Å². The minimum Gasteiger partial charge on any atom is -0.494 e. The predicted molar refractivity (Wildman–Crippen MR) is 85.5 cm³/mol. The average Bonchev–Trinajstić information content (AvgIpc) is 2.94. The topological polar surface area (TPSA) is 62.9 Å². The number of benzene rings is 1. The summed E-state index contributed by atoms with van der Waals surface area (Å²) in [6, 6.07) is 10.2. The number of hydrogen-bond acceptors (Lipinski definition) is 4. The van der Waals surface area contributed by atoms with Crippen LogP contribution in [0.25, 0.3) is 0 Å². The van der Waals surface area contributed by atoms with E-state index >= 15 is 0 Å². The van der Waals surface area contributed by atoms with Gasteiger partial charge in [0.1, 0.15) is 5.75 Å². The van der Waals surface area contributed by atoms with Crippen LogP contribution >= 0.6 is 0 Å². The highest BCUT2D eigenvalue weighted by Crippen LogP contribution is 2.13. The van der Waals surface area contributed by atoms with Gasteiger partial charge in [0, 0.05) is 25.7 Å². The van der Waals surface area contributed by atoms with Crippen molar-refractivity contribution in [1.82, 2.24) is 15.1 Å². The molecule has 22 heavy (non-hydrogen) atoms. The third kappa shape index (κ3) is 5.58. The van der Waals surface area contributed by atoms with Gasteiger partial charge in [0.05, 0.1) is 25.4 Å². The van der Waals surface area contributed by atoms with Crippen LogP contribution in [0.15, 0.2) is 36.7 Å². The van der Waals surface area contributed by atoms with Crippen LogP contribution < -0.4 is 10.1 Å². The molecule has 2 rings (SSSR count). The van der Waals surface area contributed by atoms with Gasteiger partial charge >= 0.3 is 0 Å². The summed E-state index contributed by atoms with van der Waals surface area (Å²) < 4.78 is 7.58. The molecule has 0 saturated carbocycles. The van der Waals surface area contributed by atoms with Gasteiger partial charge in [0.2, 0.25) is 0 Å². The summed E-state index contributed by atoms with van der Waals surface area (Å²) in [6.45, 7) is 5.16. The number of nitrogens with one attached hydrogen (secondary N) is 1. The lowest BCUT2D eigenvalue weighted by molar-refractivity contribution is 0.312. The Balaban J connectivity index is 1.70. The number of rotatable bonds is 9. The first-order chi connectivity index (χ1) is 10.8. The van der Waals surface area contributed by atoms with E-state index in [1.165, 1.54) is 11.1 Å². The zero-order valence-electron chi connectivity index (χ0n) is 13.0.